The van der Waals surface area contributed by atoms with Crippen molar-refractivity contribution in [1.29, 1.82) is 0 Å². The lowest BCUT2D eigenvalue weighted by atomic mass is 9.87. The van der Waals surface area contributed by atoms with Gasteiger partial charge < -0.3 is 9.84 Å². The summed E-state index contributed by atoms with van der Waals surface area (Å²) in [7, 11) is 0. The highest BCUT2D eigenvalue weighted by Gasteiger charge is 2.22. The van der Waals surface area contributed by atoms with Gasteiger partial charge in [-0.1, -0.05) is 29.4 Å². The molecule has 1 amide bonds. The first-order chi connectivity index (χ1) is 8.84. The number of rotatable bonds is 2. The Bertz CT molecular complexity index is 549. The molecule has 1 aromatic heterocycles. The number of benzene rings is 1. The number of aromatic nitrogens is 1. The highest BCUT2D eigenvalue weighted by molar-refractivity contribution is 5.93. The Hall–Kier alpha value is -2.10. The Balaban J connectivity index is 1.80. The predicted octanol–water partition coefficient (Wildman–Crippen LogP) is 2.48. The predicted molar refractivity (Wildman–Crippen MR) is 66.1 cm³/mol. The summed E-state index contributed by atoms with van der Waals surface area (Å²) in [6.07, 6.45) is 5.98. The Morgan fingerprint density at radius 3 is 3.11 bits per heavy atom. The molecule has 18 heavy (non-hydrogen) atoms. The van der Waals surface area contributed by atoms with E-state index in [2.05, 4.69) is 27.1 Å². The molecule has 1 heterocycles. The van der Waals surface area contributed by atoms with E-state index in [1.807, 2.05) is 12.1 Å². The van der Waals surface area contributed by atoms with E-state index in [4.69, 9.17) is 0 Å². The largest absolute Gasteiger partial charge is 0.364 e. The molecule has 0 fully saturated rings. The van der Waals surface area contributed by atoms with Crippen molar-refractivity contribution >= 4 is 5.91 Å². The van der Waals surface area contributed by atoms with Crippen molar-refractivity contribution in [1.82, 2.24) is 10.5 Å². The summed E-state index contributed by atoms with van der Waals surface area (Å²) in [5, 5.41) is 6.58. The molecule has 1 atom stereocenters. The lowest BCUT2D eigenvalue weighted by Gasteiger charge is -2.26. The van der Waals surface area contributed by atoms with E-state index in [9.17, 15) is 4.79 Å². The molecule has 1 aliphatic carbocycles. The summed E-state index contributed by atoms with van der Waals surface area (Å²) in [4.78, 5) is 12.0. The number of hydrogen-bond donors (Lipinski definition) is 1. The van der Waals surface area contributed by atoms with Crippen molar-refractivity contribution in [3.05, 3.63) is 53.4 Å². The maximum absolute atomic E-state index is 12.0. The van der Waals surface area contributed by atoms with Gasteiger partial charge in [0, 0.05) is 0 Å². The van der Waals surface area contributed by atoms with Gasteiger partial charge in [0.1, 0.15) is 6.26 Å². The van der Waals surface area contributed by atoms with Crippen LogP contribution >= 0.6 is 0 Å². The lowest BCUT2D eigenvalue weighted by molar-refractivity contribution is 0.0932. The highest BCUT2D eigenvalue weighted by atomic mass is 16.5. The maximum Gasteiger partial charge on any atom is 0.256 e. The van der Waals surface area contributed by atoms with Gasteiger partial charge in [0.2, 0.25) is 0 Å². The van der Waals surface area contributed by atoms with Crippen LogP contribution < -0.4 is 5.32 Å². The van der Waals surface area contributed by atoms with Crippen LogP contribution in [0.4, 0.5) is 0 Å². The number of nitrogens with one attached hydrogen (secondary N) is 1. The Labute approximate surface area is 105 Å². The van der Waals surface area contributed by atoms with E-state index in [0.29, 0.717) is 5.56 Å². The number of fused-ring (bicyclic) bond motifs is 1. The molecule has 4 nitrogen and oxygen atoms in total. The average Bonchev–Trinajstić information content (AvgIpc) is 2.93. The first-order valence-electron chi connectivity index (χ1n) is 6.12. The van der Waals surface area contributed by atoms with E-state index in [-0.39, 0.29) is 11.9 Å². The summed E-state index contributed by atoms with van der Waals surface area (Å²) in [5.74, 6) is -0.127. The molecule has 1 aliphatic rings. The number of nitrogens with zero attached hydrogens (tertiary/aromatic N) is 1. The summed E-state index contributed by atoms with van der Waals surface area (Å²) in [6.45, 7) is 0. The first-order valence-corrected chi connectivity index (χ1v) is 6.12. The Morgan fingerprint density at radius 1 is 1.39 bits per heavy atom. The molecule has 0 spiro atoms. The van der Waals surface area contributed by atoms with Gasteiger partial charge >= 0.3 is 0 Å². The second-order valence-corrected chi connectivity index (χ2v) is 4.53. The molecule has 0 radical (unpaired) electrons. The minimum atomic E-state index is -0.127. The minimum absolute atomic E-state index is 0.0948. The van der Waals surface area contributed by atoms with Gasteiger partial charge in [0.15, 0.2) is 0 Å². The Morgan fingerprint density at radius 2 is 2.28 bits per heavy atom. The van der Waals surface area contributed by atoms with Gasteiger partial charge in [-0.2, -0.15) is 0 Å². The van der Waals surface area contributed by atoms with E-state index in [1.54, 1.807) is 0 Å². The summed E-state index contributed by atoms with van der Waals surface area (Å²) in [6, 6.07) is 8.38. The molecule has 0 saturated carbocycles. The van der Waals surface area contributed by atoms with Crippen molar-refractivity contribution < 1.29 is 9.32 Å². The average molecular weight is 242 g/mol. The van der Waals surface area contributed by atoms with E-state index in [1.165, 1.54) is 23.6 Å². The molecule has 0 saturated heterocycles. The highest BCUT2D eigenvalue weighted by Crippen LogP contribution is 2.29. The van der Waals surface area contributed by atoms with Crippen molar-refractivity contribution in [3.63, 3.8) is 0 Å². The zero-order valence-corrected chi connectivity index (χ0v) is 9.93. The second-order valence-electron chi connectivity index (χ2n) is 4.53. The molecule has 0 bridgehead atoms. The smallest absolute Gasteiger partial charge is 0.256 e. The van der Waals surface area contributed by atoms with Crippen LogP contribution in [-0.4, -0.2) is 11.1 Å². The van der Waals surface area contributed by atoms with Crippen LogP contribution in [0.1, 0.15) is 40.4 Å². The summed E-state index contributed by atoms with van der Waals surface area (Å²) >= 11 is 0. The van der Waals surface area contributed by atoms with Gasteiger partial charge in [-0.3, -0.25) is 4.79 Å². The third-order valence-corrected chi connectivity index (χ3v) is 3.37. The minimum Gasteiger partial charge on any atom is -0.364 e. The van der Waals surface area contributed by atoms with Crippen LogP contribution in [0.3, 0.4) is 0 Å². The van der Waals surface area contributed by atoms with Crippen LogP contribution in [0.2, 0.25) is 0 Å². The standard InChI is InChI=1S/C14H14N2O2/c17-14(11-8-15-18-9-11)16-13-7-3-5-10-4-1-2-6-12(10)13/h1-2,4,6,8-9,13H,3,5,7H2,(H,16,17). The van der Waals surface area contributed by atoms with Gasteiger partial charge in [-0.25, -0.2) is 0 Å². The third kappa shape index (κ3) is 2.01. The SMILES string of the molecule is O=C(NC1CCCc2ccccc21)c1cnoc1. The summed E-state index contributed by atoms with van der Waals surface area (Å²) in [5.41, 5.74) is 3.03. The van der Waals surface area contributed by atoms with E-state index < -0.39 is 0 Å². The maximum atomic E-state index is 12.0. The third-order valence-electron chi connectivity index (χ3n) is 3.37. The normalized spacial score (nSPS) is 18.1. The van der Waals surface area contributed by atoms with Crippen molar-refractivity contribution in [2.24, 2.45) is 0 Å². The van der Waals surface area contributed by atoms with Gasteiger partial charge in [-0.15, -0.1) is 0 Å². The molecule has 3 rings (SSSR count). The van der Waals surface area contributed by atoms with Crippen molar-refractivity contribution in [2.45, 2.75) is 25.3 Å². The lowest BCUT2D eigenvalue weighted by Crippen LogP contribution is -2.30. The van der Waals surface area contributed by atoms with Crippen LogP contribution in [0.25, 0.3) is 0 Å². The number of amides is 1. The van der Waals surface area contributed by atoms with Gasteiger partial charge in [0.25, 0.3) is 5.91 Å². The van der Waals surface area contributed by atoms with Crippen molar-refractivity contribution in [3.8, 4) is 0 Å². The van der Waals surface area contributed by atoms with Crippen molar-refractivity contribution in [2.75, 3.05) is 0 Å². The molecule has 1 N–H and O–H groups in total. The monoisotopic (exact) mass is 242 g/mol. The van der Waals surface area contributed by atoms with Crippen LogP contribution in [0.15, 0.2) is 41.2 Å². The topological polar surface area (TPSA) is 55.1 Å². The fourth-order valence-corrected chi connectivity index (χ4v) is 2.46. The Kier molecular flexibility index (Phi) is 2.84. The number of carbonyl (C=O) groups is 1. The quantitative estimate of drug-likeness (QED) is 0.880. The van der Waals surface area contributed by atoms with Crippen LogP contribution in [-0.2, 0) is 6.42 Å². The number of carbonyl (C=O) groups excluding carboxylic acids is 1. The fourth-order valence-electron chi connectivity index (χ4n) is 2.46. The molecule has 92 valence electrons. The molecule has 2 aromatic rings. The second kappa shape index (κ2) is 4.64. The molecule has 0 aliphatic heterocycles. The first kappa shape index (κ1) is 11.0. The number of hydrogen-bond acceptors (Lipinski definition) is 3. The molecule has 4 heteroatoms. The van der Waals surface area contributed by atoms with E-state index >= 15 is 0 Å². The summed E-state index contributed by atoms with van der Waals surface area (Å²) < 4.78 is 4.68. The molecular formula is C14H14N2O2. The molecule has 1 aromatic carbocycles. The zero-order chi connectivity index (χ0) is 12.4. The zero-order valence-electron chi connectivity index (χ0n) is 9.93. The van der Waals surface area contributed by atoms with Gasteiger partial charge in [0.05, 0.1) is 17.8 Å². The number of aryl methyl sites for hydroxylation is 1. The van der Waals surface area contributed by atoms with E-state index in [0.717, 1.165) is 19.3 Å². The van der Waals surface area contributed by atoms with Crippen LogP contribution in [0, 0.1) is 0 Å². The fraction of sp³-hybridized carbons (Fsp3) is 0.286. The molecule has 1 unspecified atom stereocenters. The molecular weight excluding hydrogens is 228 g/mol. The van der Waals surface area contributed by atoms with Crippen LogP contribution in [0.5, 0.6) is 0 Å². The van der Waals surface area contributed by atoms with Gasteiger partial charge in [-0.05, 0) is 30.4 Å².